The maximum Gasteiger partial charge on any atom is 0.335 e. The Labute approximate surface area is 319 Å². The minimum Gasteiger partial charge on any atom is -0.479 e. The van der Waals surface area contributed by atoms with E-state index in [1.165, 1.54) is 0 Å². The molecule has 0 bridgehead atoms. The number of rotatable bonds is 14. The number of carbonyl (C=O) groups excluding carboxylic acids is 1. The van der Waals surface area contributed by atoms with E-state index in [0.29, 0.717) is 12.8 Å². The Hall–Kier alpha value is -2.37. The number of aliphatic carboxylic acids is 1. The number of hydrogen-bond donors (Lipinski definition) is 13. The normalized spacial score (nSPS) is 45.8. The van der Waals surface area contributed by atoms with Crippen molar-refractivity contribution in [2.45, 2.75) is 149 Å². The molecule has 56 heavy (non-hydrogen) atoms. The lowest BCUT2D eigenvalue weighted by atomic mass is 9.89. The van der Waals surface area contributed by atoms with Gasteiger partial charge in [0.05, 0.1) is 19.3 Å². The molecule has 13 N–H and O–H groups in total. The van der Waals surface area contributed by atoms with Gasteiger partial charge >= 0.3 is 5.97 Å². The summed E-state index contributed by atoms with van der Waals surface area (Å²) in [6.07, 6.45) is -31.8. The number of carboxylic acids is 1. The molecule has 20 atom stereocenters. The van der Waals surface area contributed by atoms with E-state index >= 15 is 0 Å². The van der Waals surface area contributed by atoms with E-state index in [2.05, 4.69) is 10.3 Å². The zero-order valence-electron chi connectivity index (χ0n) is 30.3. The number of ether oxygens (including phenoxy) is 7. The Balaban J connectivity index is 1.26. The molecule has 5 aliphatic heterocycles. The first-order chi connectivity index (χ1) is 26.5. The monoisotopic (exact) mass is 812 g/mol. The van der Waals surface area contributed by atoms with Crippen LogP contribution in [0.1, 0.15) is 26.7 Å². The molecule has 0 aromatic heterocycles. The van der Waals surface area contributed by atoms with Gasteiger partial charge in [-0.25, -0.2) is 4.79 Å². The molecule has 20 unspecified atom stereocenters. The summed E-state index contributed by atoms with van der Waals surface area (Å²) in [6.45, 7) is 1.85. The van der Waals surface area contributed by atoms with E-state index in [1.807, 2.05) is 6.08 Å². The molecule has 23 heteroatoms. The molecule has 4 fully saturated rings. The third-order valence-corrected chi connectivity index (χ3v) is 10.2. The number of carbonyl (C=O) groups is 2. The standard InChI is InChI=1S/C33H52N2O21/c1-10(2)24-22(45)25(53-33-21(44)17(40)19(42)28(56-33)30(48)49)15(38)13(51-24)9-50-31-23(46)26(14(37)12(8-36)52-31)54-32-20(43)16(39)18(41)27(55-32)29(47)35-7-5-11-4-3-6-34-11/h4,6,10,12-28,31-33,36-46H,3,5,7-9H2,1-2H3,(H,35,47)(H,48,49). The quantitative estimate of drug-likeness (QED) is 0.0775. The van der Waals surface area contributed by atoms with E-state index in [1.54, 1.807) is 20.1 Å². The molecule has 5 rings (SSSR count). The number of nitrogens with zero attached hydrogens (tertiary/aromatic N) is 1. The van der Waals surface area contributed by atoms with Crippen molar-refractivity contribution in [3.8, 4) is 0 Å². The number of amides is 1. The van der Waals surface area contributed by atoms with Crippen LogP contribution in [-0.2, 0) is 42.7 Å². The number of allylic oxidation sites excluding steroid dienone is 1. The van der Waals surface area contributed by atoms with Crippen LogP contribution in [0.5, 0.6) is 0 Å². The third kappa shape index (κ3) is 9.56. The second kappa shape index (κ2) is 19.1. The van der Waals surface area contributed by atoms with Crippen LogP contribution in [0.4, 0.5) is 0 Å². The van der Waals surface area contributed by atoms with Crippen molar-refractivity contribution in [2.24, 2.45) is 10.9 Å². The SMILES string of the molecule is CC(C)C1OC(COC2OC(CO)C(O)C(OC3OC(C(=O)NCCC4=CCC=N4)C(O)C(O)C3O)C2O)C(O)C(OC2OC(C(=O)O)C(O)C(O)C2O)C1O. The predicted octanol–water partition coefficient (Wildman–Crippen LogP) is -7.08. The topological polar surface area (TPSA) is 366 Å². The molecule has 5 heterocycles. The first-order valence-corrected chi connectivity index (χ1v) is 18.1. The zero-order valence-corrected chi connectivity index (χ0v) is 30.3. The second-order valence-electron chi connectivity index (χ2n) is 14.5. The van der Waals surface area contributed by atoms with Crippen LogP contribution < -0.4 is 5.32 Å². The van der Waals surface area contributed by atoms with Crippen molar-refractivity contribution >= 4 is 18.1 Å². The number of nitrogens with one attached hydrogen (secondary N) is 1. The lowest BCUT2D eigenvalue weighted by Gasteiger charge is -2.48. The van der Waals surface area contributed by atoms with E-state index in [4.69, 9.17) is 33.2 Å². The van der Waals surface area contributed by atoms with Crippen LogP contribution in [0.2, 0.25) is 0 Å². The third-order valence-electron chi connectivity index (χ3n) is 10.2. The van der Waals surface area contributed by atoms with Gasteiger partial charge < -0.3 is 99.8 Å². The Morgan fingerprint density at radius 2 is 1.30 bits per heavy atom. The Bertz CT molecular complexity index is 1390. The highest BCUT2D eigenvalue weighted by atomic mass is 16.7. The van der Waals surface area contributed by atoms with Crippen LogP contribution in [-0.4, -0.2) is 222 Å². The minimum atomic E-state index is -2.05. The molecule has 5 aliphatic rings. The van der Waals surface area contributed by atoms with Crippen LogP contribution in [0, 0.1) is 5.92 Å². The van der Waals surface area contributed by atoms with Crippen LogP contribution >= 0.6 is 0 Å². The highest BCUT2D eigenvalue weighted by Gasteiger charge is 2.55. The number of aliphatic hydroxyl groups is 11. The fourth-order valence-corrected chi connectivity index (χ4v) is 7.00. The van der Waals surface area contributed by atoms with Crippen molar-refractivity contribution in [1.82, 2.24) is 5.32 Å². The molecule has 0 aromatic rings. The predicted molar refractivity (Wildman–Crippen MR) is 179 cm³/mol. The lowest BCUT2D eigenvalue weighted by Crippen LogP contribution is -2.66. The fraction of sp³-hybridized carbons (Fsp3) is 0.848. The highest BCUT2D eigenvalue weighted by molar-refractivity contribution is 5.81. The van der Waals surface area contributed by atoms with Gasteiger partial charge in [-0.05, 0) is 5.92 Å². The summed E-state index contributed by atoms with van der Waals surface area (Å²) in [5.41, 5.74) is 0.728. The van der Waals surface area contributed by atoms with Crippen molar-refractivity contribution in [3.05, 3.63) is 11.8 Å². The molecule has 0 saturated carbocycles. The highest BCUT2D eigenvalue weighted by Crippen LogP contribution is 2.34. The Morgan fingerprint density at radius 3 is 1.86 bits per heavy atom. The van der Waals surface area contributed by atoms with Gasteiger partial charge in [0.15, 0.2) is 31.1 Å². The van der Waals surface area contributed by atoms with Gasteiger partial charge in [-0.1, -0.05) is 19.9 Å². The van der Waals surface area contributed by atoms with E-state index in [0.717, 1.165) is 5.70 Å². The van der Waals surface area contributed by atoms with Crippen LogP contribution in [0.25, 0.3) is 0 Å². The molecular formula is C33H52N2O21. The number of hydrogen-bond acceptors (Lipinski definition) is 21. The van der Waals surface area contributed by atoms with Crippen molar-refractivity contribution in [2.75, 3.05) is 19.8 Å². The molecular weight excluding hydrogens is 760 g/mol. The summed E-state index contributed by atoms with van der Waals surface area (Å²) < 4.78 is 39.1. The summed E-state index contributed by atoms with van der Waals surface area (Å²) in [5.74, 6) is -3.04. The van der Waals surface area contributed by atoms with Gasteiger partial charge in [0, 0.05) is 31.3 Å². The number of aliphatic hydroxyl groups excluding tert-OH is 11. The van der Waals surface area contributed by atoms with E-state index in [-0.39, 0.29) is 6.54 Å². The molecule has 23 nitrogen and oxygen atoms in total. The summed E-state index contributed by atoms with van der Waals surface area (Å²) in [5, 5.41) is 129. The second-order valence-corrected chi connectivity index (χ2v) is 14.5. The first-order valence-electron chi connectivity index (χ1n) is 18.1. The average Bonchev–Trinajstić information content (AvgIpc) is 3.68. The molecule has 0 aromatic carbocycles. The summed E-state index contributed by atoms with van der Waals surface area (Å²) in [6, 6.07) is 0. The average molecular weight is 813 g/mol. The summed E-state index contributed by atoms with van der Waals surface area (Å²) >= 11 is 0. The van der Waals surface area contributed by atoms with Gasteiger partial charge in [-0.2, -0.15) is 0 Å². The van der Waals surface area contributed by atoms with Crippen molar-refractivity contribution in [1.29, 1.82) is 0 Å². The van der Waals surface area contributed by atoms with Crippen molar-refractivity contribution < 1.29 is 104 Å². The fourth-order valence-electron chi connectivity index (χ4n) is 7.00. The van der Waals surface area contributed by atoms with Gasteiger partial charge in [0.2, 0.25) is 0 Å². The van der Waals surface area contributed by atoms with E-state index < -0.39 is 154 Å². The van der Waals surface area contributed by atoms with Crippen LogP contribution in [0.3, 0.4) is 0 Å². The van der Waals surface area contributed by atoms with Crippen molar-refractivity contribution in [3.63, 3.8) is 0 Å². The first kappa shape index (κ1) is 44.7. The maximum atomic E-state index is 12.9. The number of carboxylic acid groups (broad SMARTS) is 1. The molecule has 0 aliphatic carbocycles. The molecule has 0 spiro atoms. The molecule has 0 radical (unpaired) electrons. The largest absolute Gasteiger partial charge is 0.479 e. The summed E-state index contributed by atoms with van der Waals surface area (Å²) in [7, 11) is 0. The minimum absolute atomic E-state index is 0.0886. The smallest absolute Gasteiger partial charge is 0.335 e. The Kier molecular flexibility index (Phi) is 15.3. The van der Waals surface area contributed by atoms with Crippen LogP contribution in [0.15, 0.2) is 16.8 Å². The van der Waals surface area contributed by atoms with Gasteiger partial charge in [0.25, 0.3) is 5.91 Å². The van der Waals surface area contributed by atoms with E-state index in [9.17, 15) is 70.9 Å². The molecule has 320 valence electrons. The molecule has 1 amide bonds. The Morgan fingerprint density at radius 1 is 0.732 bits per heavy atom. The molecule has 4 saturated heterocycles. The van der Waals surface area contributed by atoms with Gasteiger partial charge in [0.1, 0.15) is 85.5 Å². The number of aliphatic imine (C=N–C) groups is 1. The summed E-state index contributed by atoms with van der Waals surface area (Å²) in [4.78, 5) is 28.7. The van der Waals surface area contributed by atoms with Gasteiger partial charge in [-0.3, -0.25) is 9.79 Å². The zero-order chi connectivity index (χ0) is 41.2. The maximum absolute atomic E-state index is 12.9. The van der Waals surface area contributed by atoms with Gasteiger partial charge in [-0.15, -0.1) is 0 Å². The lowest BCUT2D eigenvalue weighted by molar-refractivity contribution is -0.362.